The molecule has 0 bridgehead atoms. The Balaban J connectivity index is 2.30. The third-order valence-electron chi connectivity index (χ3n) is 3.24. The summed E-state index contributed by atoms with van der Waals surface area (Å²) < 4.78 is 5.61. The van der Waals surface area contributed by atoms with Gasteiger partial charge < -0.3 is 14.7 Å². The van der Waals surface area contributed by atoms with Crippen LogP contribution < -0.4 is 0 Å². The number of carbonyl (C=O) groups is 1. The van der Waals surface area contributed by atoms with E-state index in [0.717, 1.165) is 25.9 Å². The topological polar surface area (TPSA) is 49.8 Å². The van der Waals surface area contributed by atoms with Crippen LogP contribution in [0.4, 0.5) is 0 Å². The normalized spacial score (nSPS) is 20.6. The average molecular weight is 243 g/mol. The predicted octanol–water partition coefficient (Wildman–Crippen LogP) is 1.56. The van der Waals surface area contributed by atoms with Gasteiger partial charge in [-0.3, -0.25) is 4.79 Å². The second-order valence-corrected chi connectivity index (χ2v) is 4.93. The maximum absolute atomic E-state index is 12.0. The van der Waals surface area contributed by atoms with Gasteiger partial charge in [-0.25, -0.2) is 0 Å². The molecule has 1 saturated heterocycles. The average Bonchev–Trinajstić information content (AvgIpc) is 2.34. The molecule has 0 aromatic carbocycles. The second-order valence-electron chi connectivity index (χ2n) is 4.93. The lowest BCUT2D eigenvalue weighted by Crippen LogP contribution is -2.39. The van der Waals surface area contributed by atoms with E-state index >= 15 is 0 Å². The van der Waals surface area contributed by atoms with E-state index in [-0.39, 0.29) is 24.7 Å². The highest BCUT2D eigenvalue weighted by molar-refractivity contribution is 5.76. The minimum absolute atomic E-state index is 0.0316. The van der Waals surface area contributed by atoms with Gasteiger partial charge in [0.2, 0.25) is 5.91 Å². The molecular weight excluding hydrogens is 218 g/mol. The molecule has 0 aliphatic carbocycles. The molecule has 1 amide bonds. The van der Waals surface area contributed by atoms with Gasteiger partial charge in [0.1, 0.15) is 0 Å². The summed E-state index contributed by atoms with van der Waals surface area (Å²) in [4.78, 5) is 13.7. The van der Waals surface area contributed by atoms with Crippen LogP contribution in [-0.2, 0) is 9.53 Å². The predicted molar refractivity (Wildman–Crippen MR) is 66.8 cm³/mol. The van der Waals surface area contributed by atoms with Gasteiger partial charge in [-0.05, 0) is 39.5 Å². The van der Waals surface area contributed by atoms with Crippen molar-refractivity contribution in [2.24, 2.45) is 0 Å². The lowest BCUT2D eigenvalue weighted by Gasteiger charge is -2.27. The van der Waals surface area contributed by atoms with Crippen molar-refractivity contribution in [2.45, 2.75) is 58.1 Å². The van der Waals surface area contributed by atoms with Crippen LogP contribution in [0, 0.1) is 0 Å². The lowest BCUT2D eigenvalue weighted by atomic mass is 10.0. The van der Waals surface area contributed by atoms with Crippen molar-refractivity contribution >= 4 is 5.91 Å². The summed E-state index contributed by atoms with van der Waals surface area (Å²) in [5.41, 5.74) is 0. The van der Waals surface area contributed by atoms with Gasteiger partial charge in [0.25, 0.3) is 0 Å². The third kappa shape index (κ3) is 5.04. The van der Waals surface area contributed by atoms with Gasteiger partial charge >= 0.3 is 0 Å². The van der Waals surface area contributed by atoms with Crippen LogP contribution in [0.1, 0.15) is 46.0 Å². The fraction of sp³-hybridized carbons (Fsp3) is 0.923. The summed E-state index contributed by atoms with van der Waals surface area (Å²) in [5, 5.41) is 8.93. The summed E-state index contributed by atoms with van der Waals surface area (Å²) in [6, 6.07) is 0.155. The van der Waals surface area contributed by atoms with E-state index in [1.165, 1.54) is 6.42 Å². The highest BCUT2D eigenvalue weighted by Crippen LogP contribution is 2.17. The van der Waals surface area contributed by atoms with Gasteiger partial charge in [-0.1, -0.05) is 0 Å². The molecule has 0 saturated carbocycles. The highest BCUT2D eigenvalue weighted by Gasteiger charge is 2.19. The summed E-state index contributed by atoms with van der Waals surface area (Å²) >= 11 is 0. The van der Waals surface area contributed by atoms with Crippen LogP contribution in [0.25, 0.3) is 0 Å². The summed E-state index contributed by atoms with van der Waals surface area (Å²) in [7, 11) is 0. The molecule has 4 heteroatoms. The van der Waals surface area contributed by atoms with E-state index < -0.39 is 0 Å². The summed E-state index contributed by atoms with van der Waals surface area (Å²) in [6.07, 6.45) is 5.04. The minimum atomic E-state index is 0.0316. The minimum Gasteiger partial charge on any atom is -0.395 e. The highest BCUT2D eigenvalue weighted by atomic mass is 16.5. The molecule has 17 heavy (non-hydrogen) atoms. The van der Waals surface area contributed by atoms with E-state index in [0.29, 0.717) is 13.0 Å². The number of hydrogen-bond acceptors (Lipinski definition) is 3. The van der Waals surface area contributed by atoms with Crippen LogP contribution in [0.2, 0.25) is 0 Å². The van der Waals surface area contributed by atoms with Gasteiger partial charge in [0.15, 0.2) is 0 Å². The molecule has 1 fully saturated rings. The maximum Gasteiger partial charge on any atom is 0.222 e. The molecule has 1 rings (SSSR count). The van der Waals surface area contributed by atoms with Crippen LogP contribution in [-0.4, -0.2) is 47.8 Å². The molecular formula is C13H25NO3. The lowest BCUT2D eigenvalue weighted by molar-refractivity contribution is -0.134. The number of hydrogen-bond donors (Lipinski definition) is 1. The summed E-state index contributed by atoms with van der Waals surface area (Å²) in [5.74, 6) is 0.128. The Morgan fingerprint density at radius 2 is 2.24 bits per heavy atom. The largest absolute Gasteiger partial charge is 0.395 e. The molecule has 1 heterocycles. The number of rotatable bonds is 6. The van der Waals surface area contributed by atoms with E-state index in [2.05, 4.69) is 0 Å². The standard InChI is InChI=1S/C13H25NO3/c1-11(2)14(8-9-15)13(16)7-6-12-5-3-4-10-17-12/h11-12,15H,3-10H2,1-2H3. The van der Waals surface area contributed by atoms with Crippen LogP contribution >= 0.6 is 0 Å². The van der Waals surface area contributed by atoms with Gasteiger partial charge in [0, 0.05) is 25.6 Å². The second kappa shape index (κ2) is 7.67. The van der Waals surface area contributed by atoms with E-state index in [4.69, 9.17) is 9.84 Å². The Labute approximate surface area is 104 Å². The first kappa shape index (κ1) is 14.5. The quantitative estimate of drug-likeness (QED) is 0.770. The van der Waals surface area contributed by atoms with Crippen molar-refractivity contribution in [2.75, 3.05) is 19.8 Å². The van der Waals surface area contributed by atoms with E-state index in [1.54, 1.807) is 4.90 Å². The molecule has 0 radical (unpaired) electrons. The van der Waals surface area contributed by atoms with Crippen LogP contribution in [0.3, 0.4) is 0 Å². The Hall–Kier alpha value is -0.610. The molecule has 1 unspecified atom stereocenters. The Morgan fingerprint density at radius 3 is 2.76 bits per heavy atom. The molecule has 1 atom stereocenters. The maximum atomic E-state index is 12.0. The van der Waals surface area contributed by atoms with Crippen molar-refractivity contribution in [1.29, 1.82) is 0 Å². The first-order valence-electron chi connectivity index (χ1n) is 6.67. The van der Waals surface area contributed by atoms with Crippen molar-refractivity contribution < 1.29 is 14.6 Å². The Kier molecular flexibility index (Phi) is 6.52. The van der Waals surface area contributed by atoms with Crippen molar-refractivity contribution in [3.63, 3.8) is 0 Å². The monoisotopic (exact) mass is 243 g/mol. The van der Waals surface area contributed by atoms with Gasteiger partial charge in [-0.15, -0.1) is 0 Å². The van der Waals surface area contributed by atoms with Gasteiger partial charge in [0.05, 0.1) is 12.7 Å². The van der Waals surface area contributed by atoms with E-state index in [9.17, 15) is 4.79 Å². The first-order valence-corrected chi connectivity index (χ1v) is 6.67. The molecule has 0 aromatic rings. The summed E-state index contributed by atoms with van der Waals surface area (Å²) in [6.45, 7) is 5.25. The van der Waals surface area contributed by atoms with Gasteiger partial charge in [-0.2, -0.15) is 0 Å². The molecule has 100 valence electrons. The van der Waals surface area contributed by atoms with Crippen LogP contribution in [0.15, 0.2) is 0 Å². The van der Waals surface area contributed by atoms with Crippen molar-refractivity contribution in [3.8, 4) is 0 Å². The number of nitrogens with zero attached hydrogens (tertiary/aromatic N) is 1. The zero-order valence-corrected chi connectivity index (χ0v) is 11.0. The molecule has 4 nitrogen and oxygen atoms in total. The van der Waals surface area contributed by atoms with Crippen molar-refractivity contribution in [3.05, 3.63) is 0 Å². The number of carbonyl (C=O) groups excluding carboxylic acids is 1. The number of aliphatic hydroxyl groups is 1. The van der Waals surface area contributed by atoms with E-state index in [1.807, 2.05) is 13.8 Å². The number of amides is 1. The fourth-order valence-corrected chi connectivity index (χ4v) is 2.24. The SMILES string of the molecule is CC(C)N(CCO)C(=O)CCC1CCCCO1. The van der Waals surface area contributed by atoms with Crippen LogP contribution in [0.5, 0.6) is 0 Å². The zero-order valence-electron chi connectivity index (χ0n) is 11.0. The molecule has 0 aromatic heterocycles. The Morgan fingerprint density at radius 1 is 1.47 bits per heavy atom. The third-order valence-corrected chi connectivity index (χ3v) is 3.24. The van der Waals surface area contributed by atoms with Crippen molar-refractivity contribution in [1.82, 2.24) is 4.90 Å². The zero-order chi connectivity index (χ0) is 12.7. The smallest absolute Gasteiger partial charge is 0.222 e. The first-order chi connectivity index (χ1) is 8.15. The molecule has 1 N–H and O–H groups in total. The molecule has 1 aliphatic heterocycles. The fourth-order valence-electron chi connectivity index (χ4n) is 2.24. The number of ether oxygens (including phenoxy) is 1. The molecule has 1 aliphatic rings. The Bertz CT molecular complexity index is 225. The number of aliphatic hydroxyl groups excluding tert-OH is 1. The molecule has 0 spiro atoms.